The lowest BCUT2D eigenvalue weighted by Crippen LogP contribution is -2.40. The van der Waals surface area contributed by atoms with Crippen LogP contribution in [-0.2, 0) is 14.2 Å². The summed E-state index contributed by atoms with van der Waals surface area (Å²) in [4.78, 5) is 0. The van der Waals surface area contributed by atoms with Gasteiger partial charge in [-0.25, -0.2) is 0 Å². The van der Waals surface area contributed by atoms with E-state index < -0.39 is 0 Å². The quantitative estimate of drug-likeness (QED) is 0.524. The molecule has 0 spiro atoms. The maximum atomic E-state index is 5.90. The summed E-state index contributed by atoms with van der Waals surface area (Å²) in [6.45, 7) is 6.62. The molecule has 19 heavy (non-hydrogen) atoms. The second kappa shape index (κ2) is 10.6. The largest absolute Gasteiger partial charge is 0.324 e. The standard InChI is InChI=1S/C16H32O3/c1-4-7-10-13-16-18-14(11-8-5-2)17-15(19-16)12-9-6-3/h14-16H,4-13H2,1-3H3. The summed E-state index contributed by atoms with van der Waals surface area (Å²) < 4.78 is 17.7. The highest BCUT2D eigenvalue weighted by Crippen LogP contribution is 2.25. The van der Waals surface area contributed by atoms with Crippen LogP contribution in [0.2, 0.25) is 0 Å². The minimum Gasteiger partial charge on any atom is -0.324 e. The van der Waals surface area contributed by atoms with E-state index in [1.54, 1.807) is 0 Å². The third kappa shape index (κ3) is 7.28. The molecule has 0 aromatic heterocycles. The van der Waals surface area contributed by atoms with Gasteiger partial charge in [0.15, 0.2) is 18.9 Å². The first-order chi connectivity index (χ1) is 9.30. The van der Waals surface area contributed by atoms with Gasteiger partial charge in [-0.2, -0.15) is 0 Å². The van der Waals surface area contributed by atoms with Gasteiger partial charge in [0.05, 0.1) is 0 Å². The predicted octanol–water partition coefficient (Wildman–Crippen LogP) is 4.99. The van der Waals surface area contributed by atoms with Crippen molar-refractivity contribution >= 4 is 0 Å². The van der Waals surface area contributed by atoms with Crippen molar-refractivity contribution in [3.63, 3.8) is 0 Å². The van der Waals surface area contributed by atoms with Crippen molar-refractivity contribution in [3.05, 3.63) is 0 Å². The Kier molecular flexibility index (Phi) is 9.48. The van der Waals surface area contributed by atoms with Gasteiger partial charge in [-0.05, 0) is 38.5 Å². The zero-order chi connectivity index (χ0) is 13.9. The summed E-state index contributed by atoms with van der Waals surface area (Å²) in [5.74, 6) is 0. The number of hydrogen-bond acceptors (Lipinski definition) is 3. The van der Waals surface area contributed by atoms with Crippen LogP contribution in [0, 0.1) is 0 Å². The predicted molar refractivity (Wildman–Crippen MR) is 77.8 cm³/mol. The van der Waals surface area contributed by atoms with E-state index in [1.165, 1.54) is 32.1 Å². The van der Waals surface area contributed by atoms with Crippen LogP contribution in [0.4, 0.5) is 0 Å². The van der Waals surface area contributed by atoms with E-state index in [0.717, 1.165) is 32.1 Å². The van der Waals surface area contributed by atoms with E-state index in [-0.39, 0.29) is 18.9 Å². The molecule has 1 fully saturated rings. The molecule has 2 unspecified atom stereocenters. The Morgan fingerprint density at radius 1 is 0.526 bits per heavy atom. The third-order valence-electron chi connectivity index (χ3n) is 3.54. The fourth-order valence-electron chi connectivity index (χ4n) is 2.31. The lowest BCUT2D eigenvalue weighted by atomic mass is 10.2. The fraction of sp³-hybridized carbons (Fsp3) is 1.00. The first-order valence-corrected chi connectivity index (χ1v) is 8.26. The minimum atomic E-state index is -0.0535. The molecule has 1 aliphatic heterocycles. The molecule has 0 saturated carbocycles. The molecule has 2 atom stereocenters. The normalized spacial score (nSPS) is 27.6. The highest BCUT2D eigenvalue weighted by Gasteiger charge is 2.29. The number of hydrogen-bond donors (Lipinski definition) is 0. The van der Waals surface area contributed by atoms with Crippen LogP contribution in [0.15, 0.2) is 0 Å². The number of unbranched alkanes of at least 4 members (excludes halogenated alkanes) is 4. The van der Waals surface area contributed by atoms with Crippen molar-refractivity contribution in [1.29, 1.82) is 0 Å². The van der Waals surface area contributed by atoms with Crippen LogP contribution >= 0.6 is 0 Å². The Bertz CT molecular complexity index is 192. The molecular formula is C16H32O3. The zero-order valence-corrected chi connectivity index (χ0v) is 13.0. The Labute approximate surface area is 119 Å². The van der Waals surface area contributed by atoms with Gasteiger partial charge in [-0.1, -0.05) is 46.5 Å². The first kappa shape index (κ1) is 16.9. The van der Waals surface area contributed by atoms with Gasteiger partial charge in [-0.3, -0.25) is 0 Å². The van der Waals surface area contributed by atoms with Gasteiger partial charge < -0.3 is 14.2 Å². The van der Waals surface area contributed by atoms with Crippen molar-refractivity contribution in [2.75, 3.05) is 0 Å². The average Bonchev–Trinajstić information content (AvgIpc) is 2.43. The van der Waals surface area contributed by atoms with E-state index >= 15 is 0 Å². The third-order valence-corrected chi connectivity index (χ3v) is 3.54. The lowest BCUT2D eigenvalue weighted by Gasteiger charge is -2.36. The molecule has 0 aliphatic carbocycles. The van der Waals surface area contributed by atoms with Crippen LogP contribution in [0.1, 0.15) is 85.0 Å². The van der Waals surface area contributed by atoms with Gasteiger partial charge >= 0.3 is 0 Å². The Balaban J connectivity index is 2.36. The SMILES string of the molecule is CCCCCC1OC(CCCC)OC(CCCC)O1. The monoisotopic (exact) mass is 272 g/mol. The van der Waals surface area contributed by atoms with Gasteiger partial charge in [-0.15, -0.1) is 0 Å². The molecule has 0 aromatic carbocycles. The molecule has 1 aliphatic rings. The van der Waals surface area contributed by atoms with Crippen molar-refractivity contribution in [1.82, 2.24) is 0 Å². The minimum absolute atomic E-state index is 0.0518. The average molecular weight is 272 g/mol. The highest BCUT2D eigenvalue weighted by atomic mass is 16.9. The second-order valence-corrected chi connectivity index (χ2v) is 5.48. The van der Waals surface area contributed by atoms with Gasteiger partial charge in [0.25, 0.3) is 0 Å². The molecule has 3 heteroatoms. The smallest absolute Gasteiger partial charge is 0.163 e. The molecule has 1 heterocycles. The summed E-state index contributed by atoms with van der Waals surface area (Å²) in [7, 11) is 0. The van der Waals surface area contributed by atoms with Gasteiger partial charge in [0, 0.05) is 0 Å². The summed E-state index contributed by atoms with van der Waals surface area (Å²) >= 11 is 0. The van der Waals surface area contributed by atoms with E-state index in [2.05, 4.69) is 20.8 Å². The molecule has 3 nitrogen and oxygen atoms in total. The van der Waals surface area contributed by atoms with Crippen molar-refractivity contribution in [2.24, 2.45) is 0 Å². The zero-order valence-electron chi connectivity index (χ0n) is 13.0. The van der Waals surface area contributed by atoms with Crippen molar-refractivity contribution in [3.8, 4) is 0 Å². The van der Waals surface area contributed by atoms with Crippen LogP contribution in [0.3, 0.4) is 0 Å². The topological polar surface area (TPSA) is 27.7 Å². The molecule has 0 aromatic rings. The highest BCUT2D eigenvalue weighted by molar-refractivity contribution is 4.60. The van der Waals surface area contributed by atoms with Crippen LogP contribution < -0.4 is 0 Å². The first-order valence-electron chi connectivity index (χ1n) is 8.26. The second-order valence-electron chi connectivity index (χ2n) is 5.48. The van der Waals surface area contributed by atoms with Crippen molar-refractivity contribution in [2.45, 2.75) is 104 Å². The fourth-order valence-corrected chi connectivity index (χ4v) is 2.31. The van der Waals surface area contributed by atoms with E-state index in [9.17, 15) is 0 Å². The van der Waals surface area contributed by atoms with Gasteiger partial charge in [0.2, 0.25) is 0 Å². The summed E-state index contributed by atoms with van der Waals surface area (Å²) in [5, 5.41) is 0. The molecule has 1 rings (SSSR count). The Morgan fingerprint density at radius 2 is 0.895 bits per heavy atom. The summed E-state index contributed by atoms with van der Waals surface area (Å²) in [5.41, 5.74) is 0. The van der Waals surface area contributed by atoms with E-state index in [4.69, 9.17) is 14.2 Å². The van der Waals surface area contributed by atoms with Gasteiger partial charge in [0.1, 0.15) is 0 Å². The molecule has 114 valence electrons. The van der Waals surface area contributed by atoms with E-state index in [0.29, 0.717) is 0 Å². The molecular weight excluding hydrogens is 240 g/mol. The Hall–Kier alpha value is -0.120. The maximum absolute atomic E-state index is 5.90. The molecule has 1 saturated heterocycles. The maximum Gasteiger partial charge on any atom is 0.163 e. The van der Waals surface area contributed by atoms with Crippen LogP contribution in [0.5, 0.6) is 0 Å². The number of rotatable bonds is 10. The van der Waals surface area contributed by atoms with Crippen LogP contribution in [0.25, 0.3) is 0 Å². The summed E-state index contributed by atoms with van der Waals surface area (Å²) in [6, 6.07) is 0. The molecule has 0 bridgehead atoms. The lowest BCUT2D eigenvalue weighted by molar-refractivity contribution is -0.386. The van der Waals surface area contributed by atoms with Crippen molar-refractivity contribution < 1.29 is 14.2 Å². The Morgan fingerprint density at radius 3 is 1.26 bits per heavy atom. The number of ether oxygens (including phenoxy) is 3. The summed E-state index contributed by atoms with van der Waals surface area (Å²) in [6.07, 6.45) is 11.2. The molecule has 0 radical (unpaired) electrons. The van der Waals surface area contributed by atoms with Crippen LogP contribution in [-0.4, -0.2) is 18.9 Å². The molecule has 0 N–H and O–H groups in total. The molecule has 0 amide bonds. The van der Waals surface area contributed by atoms with E-state index in [1.807, 2.05) is 0 Å².